The fourth-order valence-electron chi connectivity index (χ4n) is 3.41. The molecule has 0 radical (unpaired) electrons. The number of piperazine rings is 1. The maximum absolute atomic E-state index is 13.9. The number of halogens is 2. The van der Waals surface area contributed by atoms with Crippen LogP contribution in [0.4, 0.5) is 20.4 Å². The van der Waals surface area contributed by atoms with Crippen molar-refractivity contribution < 1.29 is 13.6 Å². The summed E-state index contributed by atoms with van der Waals surface area (Å²) in [6, 6.07) is 5.46. The normalized spacial score (nSPS) is 14.3. The van der Waals surface area contributed by atoms with Gasteiger partial charge in [0.15, 0.2) is 5.82 Å². The van der Waals surface area contributed by atoms with Crippen molar-refractivity contribution in [3.05, 3.63) is 54.5 Å². The zero-order chi connectivity index (χ0) is 20.2. The summed E-state index contributed by atoms with van der Waals surface area (Å²) in [7, 11) is 0. The summed E-state index contributed by atoms with van der Waals surface area (Å²) >= 11 is 0. The zero-order valence-corrected chi connectivity index (χ0v) is 15.7. The summed E-state index contributed by atoms with van der Waals surface area (Å²) in [6.07, 6.45) is 5.14. The van der Waals surface area contributed by atoms with Crippen molar-refractivity contribution in [2.75, 3.05) is 42.9 Å². The Hall–Kier alpha value is -3.36. The number of carbonyl (C=O) groups is 1. The number of carbonyl (C=O) groups excluding carboxylic acids is 1. The van der Waals surface area contributed by atoms with E-state index in [0.717, 1.165) is 6.07 Å². The molecular formula is C20H20F2N6O. The van der Waals surface area contributed by atoms with Gasteiger partial charge in [-0.15, -0.1) is 0 Å². The van der Waals surface area contributed by atoms with Gasteiger partial charge < -0.3 is 15.1 Å². The Morgan fingerprint density at radius 3 is 2.55 bits per heavy atom. The lowest BCUT2D eigenvalue weighted by Crippen LogP contribution is -2.49. The van der Waals surface area contributed by atoms with Crippen molar-refractivity contribution >= 4 is 28.4 Å². The van der Waals surface area contributed by atoms with Crippen LogP contribution in [0.2, 0.25) is 0 Å². The molecule has 1 fully saturated rings. The van der Waals surface area contributed by atoms with Gasteiger partial charge in [0.25, 0.3) is 0 Å². The van der Waals surface area contributed by atoms with E-state index < -0.39 is 11.6 Å². The van der Waals surface area contributed by atoms with Gasteiger partial charge in [0.05, 0.1) is 0 Å². The maximum atomic E-state index is 13.9. The average molecular weight is 398 g/mol. The maximum Gasteiger partial charge on any atom is 0.225 e. The number of hydrogen-bond acceptors (Lipinski definition) is 6. The van der Waals surface area contributed by atoms with Gasteiger partial charge in [-0.1, -0.05) is 0 Å². The van der Waals surface area contributed by atoms with Gasteiger partial charge in [0.1, 0.15) is 11.3 Å². The Morgan fingerprint density at radius 2 is 1.79 bits per heavy atom. The molecule has 9 heteroatoms. The molecule has 1 amide bonds. The Labute approximate surface area is 166 Å². The first-order chi connectivity index (χ1) is 14.1. The predicted molar refractivity (Wildman–Crippen MR) is 106 cm³/mol. The van der Waals surface area contributed by atoms with Crippen LogP contribution in [0.3, 0.4) is 0 Å². The third-order valence-corrected chi connectivity index (χ3v) is 4.88. The lowest BCUT2D eigenvalue weighted by molar-refractivity contribution is -0.131. The number of aromatic nitrogens is 3. The minimum Gasteiger partial charge on any atom is -0.384 e. The highest BCUT2D eigenvalue weighted by Crippen LogP contribution is 2.24. The molecule has 0 atom stereocenters. The number of nitrogens with one attached hydrogen (secondary N) is 1. The molecule has 4 rings (SSSR count). The van der Waals surface area contributed by atoms with Gasteiger partial charge in [0.2, 0.25) is 11.9 Å². The molecule has 1 N–H and O–H groups in total. The van der Waals surface area contributed by atoms with E-state index in [4.69, 9.17) is 0 Å². The highest BCUT2D eigenvalue weighted by atomic mass is 19.1. The first-order valence-corrected chi connectivity index (χ1v) is 9.39. The quantitative estimate of drug-likeness (QED) is 0.712. The summed E-state index contributed by atoms with van der Waals surface area (Å²) in [5, 5.41) is 3.45. The Morgan fingerprint density at radius 1 is 1.03 bits per heavy atom. The molecule has 0 bridgehead atoms. The van der Waals surface area contributed by atoms with E-state index >= 15 is 0 Å². The van der Waals surface area contributed by atoms with E-state index in [0.29, 0.717) is 49.7 Å². The monoisotopic (exact) mass is 398 g/mol. The van der Waals surface area contributed by atoms with Crippen LogP contribution >= 0.6 is 0 Å². The molecule has 1 aliphatic heterocycles. The topological polar surface area (TPSA) is 74.2 Å². The van der Waals surface area contributed by atoms with Crippen molar-refractivity contribution in [1.29, 1.82) is 0 Å². The molecule has 150 valence electrons. The van der Waals surface area contributed by atoms with Gasteiger partial charge >= 0.3 is 0 Å². The highest BCUT2D eigenvalue weighted by Gasteiger charge is 2.22. The molecule has 0 spiro atoms. The molecule has 3 aromatic rings. The van der Waals surface area contributed by atoms with Crippen molar-refractivity contribution in [3.63, 3.8) is 0 Å². The van der Waals surface area contributed by atoms with Crippen LogP contribution in [0.1, 0.15) is 6.42 Å². The lowest BCUT2D eigenvalue weighted by Gasteiger charge is -2.34. The molecule has 29 heavy (non-hydrogen) atoms. The van der Waals surface area contributed by atoms with Crippen LogP contribution in [0.25, 0.3) is 10.9 Å². The summed E-state index contributed by atoms with van der Waals surface area (Å²) in [6.45, 7) is 2.92. The Bertz CT molecular complexity index is 1010. The number of benzene rings is 1. The SMILES string of the molecule is O=C(CCNc1ccnc2c(F)cc(F)cc12)N1CCN(c2ncccn2)CC1. The smallest absolute Gasteiger partial charge is 0.225 e. The van der Waals surface area contributed by atoms with E-state index in [2.05, 4.69) is 20.3 Å². The molecule has 0 saturated carbocycles. The van der Waals surface area contributed by atoms with E-state index in [1.54, 1.807) is 24.5 Å². The minimum atomic E-state index is -0.708. The second kappa shape index (κ2) is 8.34. The average Bonchev–Trinajstić information content (AvgIpc) is 2.75. The number of hydrogen-bond donors (Lipinski definition) is 1. The molecule has 3 heterocycles. The van der Waals surface area contributed by atoms with Crippen molar-refractivity contribution in [2.45, 2.75) is 6.42 Å². The highest BCUT2D eigenvalue weighted by molar-refractivity contribution is 5.91. The predicted octanol–water partition coefficient (Wildman–Crippen LogP) is 2.45. The molecule has 7 nitrogen and oxygen atoms in total. The third-order valence-electron chi connectivity index (χ3n) is 4.88. The van der Waals surface area contributed by atoms with Gasteiger partial charge in [-0.25, -0.2) is 18.7 Å². The standard InChI is InChI=1S/C20H20F2N6O/c21-14-12-15-17(2-6-24-19(15)16(22)13-14)23-7-3-18(29)27-8-10-28(11-9-27)20-25-4-1-5-26-20/h1-2,4-6,12-13H,3,7-11H2,(H,23,24). The zero-order valence-electron chi connectivity index (χ0n) is 15.7. The van der Waals surface area contributed by atoms with E-state index in [9.17, 15) is 13.6 Å². The molecule has 1 saturated heterocycles. The second-order valence-corrected chi connectivity index (χ2v) is 6.74. The third kappa shape index (κ3) is 4.23. The molecule has 2 aromatic heterocycles. The fourth-order valence-corrected chi connectivity index (χ4v) is 3.41. The summed E-state index contributed by atoms with van der Waals surface area (Å²) in [5.74, 6) is -0.672. The van der Waals surface area contributed by atoms with Gasteiger partial charge in [-0.2, -0.15) is 0 Å². The van der Waals surface area contributed by atoms with Gasteiger partial charge in [-0.05, 0) is 18.2 Å². The first kappa shape index (κ1) is 19.0. The second-order valence-electron chi connectivity index (χ2n) is 6.74. The Kier molecular flexibility index (Phi) is 5.46. The van der Waals surface area contributed by atoms with Gasteiger partial charge in [-0.3, -0.25) is 9.78 Å². The number of amides is 1. The molecule has 0 aliphatic carbocycles. The van der Waals surface area contributed by atoms with Crippen LogP contribution in [-0.4, -0.2) is 58.5 Å². The lowest BCUT2D eigenvalue weighted by atomic mass is 10.1. The van der Waals surface area contributed by atoms with Crippen molar-refractivity contribution in [3.8, 4) is 0 Å². The van der Waals surface area contributed by atoms with E-state index in [1.165, 1.54) is 12.3 Å². The molecule has 0 unspecified atom stereocenters. The molecular weight excluding hydrogens is 378 g/mol. The van der Waals surface area contributed by atoms with Crippen LogP contribution in [0, 0.1) is 11.6 Å². The van der Waals surface area contributed by atoms with Gasteiger partial charge in [0, 0.05) is 74.9 Å². The number of pyridine rings is 1. The number of rotatable bonds is 5. The van der Waals surface area contributed by atoms with Crippen molar-refractivity contribution in [2.24, 2.45) is 0 Å². The van der Waals surface area contributed by atoms with Crippen LogP contribution in [-0.2, 0) is 4.79 Å². The van der Waals surface area contributed by atoms with E-state index in [-0.39, 0.29) is 17.8 Å². The van der Waals surface area contributed by atoms with Crippen molar-refractivity contribution in [1.82, 2.24) is 19.9 Å². The number of nitrogens with zero attached hydrogens (tertiary/aromatic N) is 5. The molecule has 1 aromatic carbocycles. The summed E-state index contributed by atoms with van der Waals surface area (Å²) in [5.41, 5.74) is 0.647. The number of anilines is 2. The first-order valence-electron chi connectivity index (χ1n) is 9.39. The number of fused-ring (bicyclic) bond motifs is 1. The van der Waals surface area contributed by atoms with Crippen LogP contribution in [0.15, 0.2) is 42.9 Å². The fraction of sp³-hybridized carbons (Fsp3) is 0.300. The largest absolute Gasteiger partial charge is 0.384 e. The van der Waals surface area contributed by atoms with Crippen LogP contribution in [0.5, 0.6) is 0 Å². The summed E-state index contributed by atoms with van der Waals surface area (Å²) in [4.78, 5) is 28.8. The van der Waals surface area contributed by atoms with Crippen LogP contribution < -0.4 is 10.2 Å². The van der Waals surface area contributed by atoms with E-state index in [1.807, 2.05) is 9.80 Å². The Balaban J connectivity index is 1.31. The summed E-state index contributed by atoms with van der Waals surface area (Å²) < 4.78 is 27.4. The molecule has 1 aliphatic rings. The minimum absolute atomic E-state index is 0.0295.